The molecule has 1 aromatic heterocycles. The van der Waals surface area contributed by atoms with Gasteiger partial charge >= 0.3 is 0 Å². The molecule has 0 bridgehead atoms. The fourth-order valence-electron chi connectivity index (χ4n) is 4.84. The number of nitrogens with zero attached hydrogens (tertiary/aromatic N) is 3. The lowest BCUT2D eigenvalue weighted by atomic mass is 9.96. The number of imidazole rings is 1. The normalized spacial score (nSPS) is 14.3. The van der Waals surface area contributed by atoms with E-state index < -0.39 is 0 Å². The van der Waals surface area contributed by atoms with Crippen LogP contribution in [0.3, 0.4) is 0 Å². The predicted octanol–water partition coefficient (Wildman–Crippen LogP) is 4.93. The second-order valence-electron chi connectivity index (χ2n) is 9.24. The van der Waals surface area contributed by atoms with Crippen LogP contribution >= 0.6 is 0 Å². The van der Waals surface area contributed by atoms with Crippen molar-refractivity contribution in [2.24, 2.45) is 5.92 Å². The lowest BCUT2D eigenvalue weighted by Crippen LogP contribution is -2.41. The van der Waals surface area contributed by atoms with E-state index in [-0.39, 0.29) is 11.8 Å². The Hall–Kier alpha value is -3.80. The van der Waals surface area contributed by atoms with Gasteiger partial charge in [0, 0.05) is 25.6 Å². The molecular weight excluding hydrogens is 436 g/mol. The van der Waals surface area contributed by atoms with Gasteiger partial charge in [0.15, 0.2) is 0 Å². The van der Waals surface area contributed by atoms with E-state index in [4.69, 9.17) is 9.72 Å². The van der Waals surface area contributed by atoms with E-state index in [1.165, 1.54) is 11.1 Å². The summed E-state index contributed by atoms with van der Waals surface area (Å²) in [5.74, 6) is 1.97. The summed E-state index contributed by atoms with van der Waals surface area (Å²) in [5, 5.41) is 3.11. The molecule has 0 atom stereocenters. The standard InChI is InChI=1S/C29H32N4O2/c1-21-7-3-4-8-24(21)20-33-27-10-6-5-9-26(27)31-29(33)32-17-15-23(16-18-32)28(34)30-19-22-11-13-25(35-2)14-12-22/h3-14,23H,15-20H2,1-2H3,(H,30,34). The van der Waals surface area contributed by atoms with Crippen molar-refractivity contribution in [2.45, 2.75) is 32.9 Å². The number of aromatic nitrogens is 2. The fraction of sp³-hybridized carbons (Fsp3) is 0.310. The molecule has 3 aromatic carbocycles. The smallest absolute Gasteiger partial charge is 0.223 e. The van der Waals surface area contributed by atoms with Crippen LogP contribution in [0.1, 0.15) is 29.5 Å². The highest BCUT2D eigenvalue weighted by atomic mass is 16.5. The zero-order valence-electron chi connectivity index (χ0n) is 20.4. The predicted molar refractivity (Wildman–Crippen MR) is 140 cm³/mol. The minimum atomic E-state index is 0.0266. The van der Waals surface area contributed by atoms with Gasteiger partial charge in [-0.25, -0.2) is 4.98 Å². The SMILES string of the molecule is COc1ccc(CNC(=O)C2CCN(c3nc4ccccc4n3Cc3ccccc3C)CC2)cc1. The van der Waals surface area contributed by atoms with Gasteiger partial charge < -0.3 is 19.5 Å². The van der Waals surface area contributed by atoms with Gasteiger partial charge in [-0.05, 0) is 60.7 Å². The molecule has 1 N–H and O–H groups in total. The molecule has 0 spiro atoms. The summed E-state index contributed by atoms with van der Waals surface area (Å²) in [4.78, 5) is 20.2. The van der Waals surface area contributed by atoms with Gasteiger partial charge in [0.1, 0.15) is 5.75 Å². The first-order chi connectivity index (χ1) is 17.1. The third kappa shape index (κ3) is 5.02. The number of fused-ring (bicyclic) bond motifs is 1. The third-order valence-corrected chi connectivity index (χ3v) is 7.00. The van der Waals surface area contributed by atoms with E-state index in [2.05, 4.69) is 64.2 Å². The Kier molecular flexibility index (Phi) is 6.70. The number of benzene rings is 3. The molecule has 0 aliphatic carbocycles. The maximum absolute atomic E-state index is 12.8. The number of nitrogens with one attached hydrogen (secondary N) is 1. The van der Waals surface area contributed by atoms with Gasteiger partial charge in [-0.3, -0.25) is 4.79 Å². The van der Waals surface area contributed by atoms with Crippen molar-refractivity contribution < 1.29 is 9.53 Å². The molecular formula is C29H32N4O2. The van der Waals surface area contributed by atoms with Crippen LogP contribution in [0.4, 0.5) is 5.95 Å². The third-order valence-electron chi connectivity index (χ3n) is 7.00. The Morgan fingerprint density at radius 2 is 1.71 bits per heavy atom. The average molecular weight is 469 g/mol. The molecule has 6 nitrogen and oxygen atoms in total. The van der Waals surface area contributed by atoms with Crippen molar-refractivity contribution in [3.8, 4) is 5.75 Å². The number of piperidine rings is 1. The second-order valence-corrected chi connectivity index (χ2v) is 9.24. The molecule has 1 aliphatic rings. The van der Waals surface area contributed by atoms with Crippen molar-refractivity contribution >= 4 is 22.9 Å². The minimum Gasteiger partial charge on any atom is -0.497 e. The van der Waals surface area contributed by atoms with Crippen molar-refractivity contribution in [2.75, 3.05) is 25.1 Å². The molecule has 180 valence electrons. The van der Waals surface area contributed by atoms with Crippen LogP contribution in [0.5, 0.6) is 5.75 Å². The molecule has 35 heavy (non-hydrogen) atoms. The highest BCUT2D eigenvalue weighted by Crippen LogP contribution is 2.28. The summed E-state index contributed by atoms with van der Waals surface area (Å²) in [6.07, 6.45) is 1.64. The Bertz CT molecular complexity index is 1300. The van der Waals surface area contributed by atoms with Crippen LogP contribution in [0.2, 0.25) is 0 Å². The zero-order chi connectivity index (χ0) is 24.2. The van der Waals surface area contributed by atoms with E-state index in [1.807, 2.05) is 30.3 Å². The van der Waals surface area contributed by atoms with Gasteiger partial charge in [0.05, 0.1) is 24.7 Å². The van der Waals surface area contributed by atoms with Crippen LogP contribution in [0.25, 0.3) is 11.0 Å². The quantitative estimate of drug-likeness (QED) is 0.418. The number of ether oxygens (including phenoxy) is 1. The number of methoxy groups -OCH3 is 1. The number of rotatable bonds is 7. The van der Waals surface area contributed by atoms with Gasteiger partial charge in [-0.2, -0.15) is 0 Å². The van der Waals surface area contributed by atoms with Crippen LogP contribution in [-0.2, 0) is 17.9 Å². The lowest BCUT2D eigenvalue weighted by Gasteiger charge is -2.32. The maximum Gasteiger partial charge on any atom is 0.223 e. The Morgan fingerprint density at radius 1 is 1.00 bits per heavy atom. The molecule has 2 heterocycles. The van der Waals surface area contributed by atoms with Crippen LogP contribution in [0.15, 0.2) is 72.8 Å². The van der Waals surface area contributed by atoms with E-state index in [0.29, 0.717) is 6.54 Å². The molecule has 1 fully saturated rings. The summed E-state index contributed by atoms with van der Waals surface area (Å²) in [5.41, 5.74) is 5.80. The van der Waals surface area contributed by atoms with Gasteiger partial charge in [0.25, 0.3) is 0 Å². The summed E-state index contributed by atoms with van der Waals surface area (Å²) in [7, 11) is 1.65. The van der Waals surface area contributed by atoms with Crippen LogP contribution in [-0.4, -0.2) is 35.7 Å². The Balaban J connectivity index is 1.26. The first-order valence-electron chi connectivity index (χ1n) is 12.3. The van der Waals surface area contributed by atoms with Gasteiger partial charge in [-0.1, -0.05) is 48.5 Å². The molecule has 0 radical (unpaired) electrons. The first-order valence-corrected chi connectivity index (χ1v) is 12.3. The van der Waals surface area contributed by atoms with E-state index in [9.17, 15) is 4.79 Å². The number of aryl methyl sites for hydroxylation is 1. The molecule has 1 aliphatic heterocycles. The van der Waals surface area contributed by atoms with Crippen LogP contribution < -0.4 is 15.0 Å². The summed E-state index contributed by atoms with van der Waals surface area (Å²) >= 11 is 0. The molecule has 1 saturated heterocycles. The first kappa shape index (κ1) is 23.0. The number of anilines is 1. The molecule has 5 rings (SSSR count). The van der Waals surface area contributed by atoms with E-state index in [1.54, 1.807) is 7.11 Å². The minimum absolute atomic E-state index is 0.0266. The number of carbonyl (C=O) groups is 1. The zero-order valence-corrected chi connectivity index (χ0v) is 20.4. The second kappa shape index (κ2) is 10.2. The highest BCUT2D eigenvalue weighted by Gasteiger charge is 2.27. The lowest BCUT2D eigenvalue weighted by molar-refractivity contribution is -0.125. The Labute approximate surface area is 206 Å². The summed E-state index contributed by atoms with van der Waals surface area (Å²) in [6, 6.07) is 24.7. The average Bonchev–Trinajstić information content (AvgIpc) is 3.27. The number of carbonyl (C=O) groups excluding carboxylic acids is 1. The van der Waals surface area contributed by atoms with Crippen molar-refractivity contribution in [1.29, 1.82) is 0 Å². The van der Waals surface area contributed by atoms with E-state index in [0.717, 1.165) is 60.8 Å². The molecule has 4 aromatic rings. The Morgan fingerprint density at radius 3 is 2.46 bits per heavy atom. The summed E-state index contributed by atoms with van der Waals surface area (Å²) in [6.45, 7) is 5.11. The summed E-state index contributed by atoms with van der Waals surface area (Å²) < 4.78 is 7.53. The monoisotopic (exact) mass is 468 g/mol. The number of para-hydroxylation sites is 2. The largest absolute Gasteiger partial charge is 0.497 e. The van der Waals surface area contributed by atoms with Crippen molar-refractivity contribution in [3.05, 3.63) is 89.5 Å². The molecule has 6 heteroatoms. The molecule has 1 amide bonds. The maximum atomic E-state index is 12.8. The van der Waals surface area contributed by atoms with Crippen LogP contribution in [0, 0.1) is 12.8 Å². The fourth-order valence-corrected chi connectivity index (χ4v) is 4.84. The van der Waals surface area contributed by atoms with Crippen molar-refractivity contribution in [1.82, 2.24) is 14.9 Å². The van der Waals surface area contributed by atoms with Crippen molar-refractivity contribution in [3.63, 3.8) is 0 Å². The van der Waals surface area contributed by atoms with Gasteiger partial charge in [0.2, 0.25) is 11.9 Å². The number of hydrogen-bond donors (Lipinski definition) is 1. The topological polar surface area (TPSA) is 59.4 Å². The molecule has 0 unspecified atom stereocenters. The van der Waals surface area contributed by atoms with E-state index >= 15 is 0 Å². The van der Waals surface area contributed by atoms with Gasteiger partial charge in [-0.15, -0.1) is 0 Å². The number of amides is 1. The molecule has 0 saturated carbocycles. The number of hydrogen-bond acceptors (Lipinski definition) is 4. The highest BCUT2D eigenvalue weighted by molar-refractivity contribution is 5.80.